The lowest BCUT2D eigenvalue weighted by Crippen LogP contribution is -2.33. The molecule has 20 heavy (non-hydrogen) atoms. The molecule has 6 heteroatoms. The third-order valence-electron chi connectivity index (χ3n) is 2.66. The number of nitrogens with zero attached hydrogens (tertiary/aromatic N) is 1. The largest absolute Gasteiger partial charge is 0.497 e. The fraction of sp³-hybridized carbons (Fsp3) is 0.429. The van der Waals surface area contributed by atoms with E-state index in [1.165, 1.54) is 26.2 Å². The topological polar surface area (TPSA) is 65.1 Å². The SMILES string of the molecule is CCOC(=O)CN(C)C(=O)c1ccc(OC)cc1OC. The maximum atomic E-state index is 12.3. The van der Waals surface area contributed by atoms with Crippen molar-refractivity contribution in [2.75, 3.05) is 34.4 Å². The predicted octanol–water partition coefficient (Wildman–Crippen LogP) is 1.34. The Labute approximate surface area is 118 Å². The molecular weight excluding hydrogens is 262 g/mol. The van der Waals surface area contributed by atoms with Gasteiger partial charge in [-0.1, -0.05) is 0 Å². The Morgan fingerprint density at radius 1 is 1.20 bits per heavy atom. The summed E-state index contributed by atoms with van der Waals surface area (Å²) in [6.45, 7) is 1.89. The normalized spacial score (nSPS) is 9.80. The van der Waals surface area contributed by atoms with Gasteiger partial charge in [-0.3, -0.25) is 9.59 Å². The van der Waals surface area contributed by atoms with Crippen molar-refractivity contribution in [3.63, 3.8) is 0 Å². The molecule has 0 bridgehead atoms. The molecule has 0 aliphatic carbocycles. The highest BCUT2D eigenvalue weighted by molar-refractivity contribution is 5.98. The molecular formula is C14H19NO5. The molecule has 0 heterocycles. The molecule has 1 aromatic carbocycles. The van der Waals surface area contributed by atoms with Gasteiger partial charge in [-0.25, -0.2) is 0 Å². The third-order valence-corrected chi connectivity index (χ3v) is 2.66. The molecule has 6 nitrogen and oxygen atoms in total. The molecule has 0 saturated heterocycles. The van der Waals surface area contributed by atoms with Gasteiger partial charge in [0.05, 0.1) is 26.4 Å². The van der Waals surface area contributed by atoms with Crippen molar-refractivity contribution in [2.45, 2.75) is 6.92 Å². The van der Waals surface area contributed by atoms with Gasteiger partial charge in [0, 0.05) is 13.1 Å². The van der Waals surface area contributed by atoms with Crippen LogP contribution in [-0.2, 0) is 9.53 Å². The van der Waals surface area contributed by atoms with Crippen LogP contribution in [0.15, 0.2) is 18.2 Å². The van der Waals surface area contributed by atoms with E-state index in [0.29, 0.717) is 17.1 Å². The zero-order chi connectivity index (χ0) is 15.1. The number of hydrogen-bond acceptors (Lipinski definition) is 5. The summed E-state index contributed by atoms with van der Waals surface area (Å²) in [5, 5.41) is 0. The average Bonchev–Trinajstić information content (AvgIpc) is 2.45. The Balaban J connectivity index is 2.88. The molecule has 0 fully saturated rings. The van der Waals surface area contributed by atoms with Crippen molar-refractivity contribution in [3.8, 4) is 11.5 Å². The molecule has 1 aromatic rings. The van der Waals surface area contributed by atoms with Gasteiger partial charge in [0.1, 0.15) is 18.0 Å². The first kappa shape index (κ1) is 15.8. The quantitative estimate of drug-likeness (QED) is 0.736. The van der Waals surface area contributed by atoms with E-state index < -0.39 is 5.97 Å². The van der Waals surface area contributed by atoms with E-state index in [-0.39, 0.29) is 19.1 Å². The third kappa shape index (κ3) is 3.88. The molecule has 1 rings (SSSR count). The molecule has 0 radical (unpaired) electrons. The first-order valence-corrected chi connectivity index (χ1v) is 6.16. The molecule has 0 spiro atoms. The monoisotopic (exact) mass is 281 g/mol. The van der Waals surface area contributed by atoms with Crippen LogP contribution in [0.25, 0.3) is 0 Å². The number of carbonyl (C=O) groups excluding carboxylic acids is 2. The molecule has 0 aromatic heterocycles. The molecule has 0 saturated carbocycles. The summed E-state index contributed by atoms with van der Waals surface area (Å²) in [6, 6.07) is 4.88. The number of benzene rings is 1. The lowest BCUT2D eigenvalue weighted by atomic mass is 10.1. The highest BCUT2D eigenvalue weighted by atomic mass is 16.5. The zero-order valence-corrected chi connectivity index (χ0v) is 12.1. The van der Waals surface area contributed by atoms with E-state index in [1.807, 2.05) is 0 Å². The van der Waals surface area contributed by atoms with Gasteiger partial charge in [-0.15, -0.1) is 0 Å². The first-order valence-electron chi connectivity index (χ1n) is 6.16. The summed E-state index contributed by atoms with van der Waals surface area (Å²) < 4.78 is 15.0. The summed E-state index contributed by atoms with van der Waals surface area (Å²) in [5.74, 6) is 0.213. The Bertz CT molecular complexity index is 486. The Kier molecular flexibility index (Phi) is 5.83. The molecule has 0 N–H and O–H groups in total. The fourth-order valence-corrected chi connectivity index (χ4v) is 1.65. The van der Waals surface area contributed by atoms with Crippen molar-refractivity contribution in [1.82, 2.24) is 4.90 Å². The minimum absolute atomic E-state index is 0.109. The van der Waals surface area contributed by atoms with E-state index in [2.05, 4.69) is 0 Å². The van der Waals surface area contributed by atoms with Crippen LogP contribution in [0.4, 0.5) is 0 Å². The van der Waals surface area contributed by atoms with Crippen LogP contribution in [0.1, 0.15) is 17.3 Å². The standard InChI is InChI=1S/C14H19NO5/c1-5-20-13(16)9-15(2)14(17)11-7-6-10(18-3)8-12(11)19-4/h6-8H,5,9H2,1-4H3. The van der Waals surface area contributed by atoms with Gasteiger partial charge in [0.15, 0.2) is 0 Å². The number of rotatable bonds is 6. The van der Waals surface area contributed by atoms with Gasteiger partial charge < -0.3 is 19.1 Å². The van der Waals surface area contributed by atoms with Crippen LogP contribution in [0, 0.1) is 0 Å². The number of hydrogen-bond donors (Lipinski definition) is 0. The first-order chi connectivity index (χ1) is 9.53. The van der Waals surface area contributed by atoms with E-state index >= 15 is 0 Å². The van der Waals surface area contributed by atoms with E-state index in [0.717, 1.165) is 0 Å². The van der Waals surface area contributed by atoms with Gasteiger partial charge in [0.25, 0.3) is 5.91 Å². The number of carbonyl (C=O) groups is 2. The van der Waals surface area contributed by atoms with Crippen molar-refractivity contribution in [3.05, 3.63) is 23.8 Å². The maximum Gasteiger partial charge on any atom is 0.325 e. The van der Waals surface area contributed by atoms with Crippen molar-refractivity contribution >= 4 is 11.9 Å². The number of likely N-dealkylation sites (N-methyl/N-ethyl adjacent to an activating group) is 1. The van der Waals surface area contributed by atoms with Crippen LogP contribution in [0.5, 0.6) is 11.5 Å². The highest BCUT2D eigenvalue weighted by Crippen LogP contribution is 2.25. The summed E-state index contributed by atoms with van der Waals surface area (Å²) in [5.41, 5.74) is 0.361. The molecule has 110 valence electrons. The van der Waals surface area contributed by atoms with E-state index in [4.69, 9.17) is 14.2 Å². The Hall–Kier alpha value is -2.24. The summed E-state index contributed by atoms with van der Waals surface area (Å²) in [6.07, 6.45) is 0. The number of esters is 1. The van der Waals surface area contributed by atoms with Gasteiger partial charge in [0.2, 0.25) is 0 Å². The Morgan fingerprint density at radius 2 is 1.90 bits per heavy atom. The van der Waals surface area contributed by atoms with Crippen molar-refractivity contribution in [1.29, 1.82) is 0 Å². The number of amides is 1. The second kappa shape index (κ2) is 7.37. The van der Waals surface area contributed by atoms with Gasteiger partial charge in [-0.05, 0) is 19.1 Å². The fourth-order valence-electron chi connectivity index (χ4n) is 1.65. The van der Waals surface area contributed by atoms with Crippen LogP contribution >= 0.6 is 0 Å². The predicted molar refractivity (Wildman–Crippen MR) is 73.1 cm³/mol. The summed E-state index contributed by atoms with van der Waals surface area (Å²) in [4.78, 5) is 24.9. The van der Waals surface area contributed by atoms with E-state index in [9.17, 15) is 9.59 Å². The second-order valence-electron chi connectivity index (χ2n) is 4.03. The molecule has 0 unspecified atom stereocenters. The second-order valence-corrected chi connectivity index (χ2v) is 4.03. The zero-order valence-electron chi connectivity index (χ0n) is 12.1. The summed E-state index contributed by atoms with van der Waals surface area (Å²) >= 11 is 0. The lowest BCUT2D eigenvalue weighted by molar-refractivity contribution is -0.143. The molecule has 1 amide bonds. The van der Waals surface area contributed by atoms with Gasteiger partial charge >= 0.3 is 5.97 Å². The van der Waals surface area contributed by atoms with Crippen LogP contribution in [0.2, 0.25) is 0 Å². The smallest absolute Gasteiger partial charge is 0.325 e. The minimum Gasteiger partial charge on any atom is -0.497 e. The van der Waals surface area contributed by atoms with Crippen LogP contribution in [-0.4, -0.2) is 51.2 Å². The van der Waals surface area contributed by atoms with Crippen LogP contribution in [0.3, 0.4) is 0 Å². The van der Waals surface area contributed by atoms with Crippen LogP contribution < -0.4 is 9.47 Å². The Morgan fingerprint density at radius 3 is 2.45 bits per heavy atom. The number of methoxy groups -OCH3 is 2. The van der Waals surface area contributed by atoms with Crippen molar-refractivity contribution in [2.24, 2.45) is 0 Å². The highest BCUT2D eigenvalue weighted by Gasteiger charge is 2.19. The molecule has 0 aliphatic heterocycles. The molecule has 0 atom stereocenters. The number of ether oxygens (including phenoxy) is 3. The lowest BCUT2D eigenvalue weighted by Gasteiger charge is -2.18. The van der Waals surface area contributed by atoms with Gasteiger partial charge in [-0.2, -0.15) is 0 Å². The average molecular weight is 281 g/mol. The maximum absolute atomic E-state index is 12.3. The minimum atomic E-state index is -0.448. The van der Waals surface area contributed by atoms with Crippen molar-refractivity contribution < 1.29 is 23.8 Å². The molecule has 0 aliphatic rings. The summed E-state index contributed by atoms with van der Waals surface area (Å²) in [7, 11) is 4.53. The van der Waals surface area contributed by atoms with E-state index in [1.54, 1.807) is 25.1 Å².